The highest BCUT2D eigenvalue weighted by molar-refractivity contribution is 9.10. The lowest BCUT2D eigenvalue weighted by atomic mass is 10.3. The van der Waals surface area contributed by atoms with Gasteiger partial charge in [-0.15, -0.1) is 12.4 Å². The Morgan fingerprint density at radius 1 is 1.09 bits per heavy atom. The maximum atomic E-state index is 12.1. The summed E-state index contributed by atoms with van der Waals surface area (Å²) in [5.41, 5.74) is 0. The van der Waals surface area contributed by atoms with E-state index in [4.69, 9.17) is 4.74 Å². The van der Waals surface area contributed by atoms with Crippen molar-refractivity contribution in [3.8, 4) is 5.75 Å². The van der Waals surface area contributed by atoms with E-state index in [1.54, 1.807) is 16.8 Å². The van der Waals surface area contributed by atoms with Crippen LogP contribution in [-0.4, -0.2) is 68.0 Å². The molecule has 1 aliphatic heterocycles. The number of ether oxygens (including phenoxy) is 1. The smallest absolute Gasteiger partial charge is 0.260 e. The zero-order valence-electron chi connectivity index (χ0n) is 13.0. The minimum absolute atomic E-state index is 0. The third kappa shape index (κ3) is 6.01. The van der Waals surface area contributed by atoms with E-state index in [1.807, 2.05) is 24.3 Å². The van der Waals surface area contributed by atoms with Gasteiger partial charge in [0.25, 0.3) is 5.91 Å². The first-order valence-corrected chi connectivity index (χ1v) is 7.98. The van der Waals surface area contributed by atoms with Crippen molar-refractivity contribution >= 4 is 40.2 Å². The fraction of sp³-hybridized carbons (Fsp3) is 0.467. The first-order valence-electron chi connectivity index (χ1n) is 7.18. The van der Waals surface area contributed by atoms with E-state index >= 15 is 0 Å². The second kappa shape index (κ2) is 9.75. The number of nitrogens with zero attached hydrogens (tertiary/aromatic N) is 2. The summed E-state index contributed by atoms with van der Waals surface area (Å²) in [6, 6.07) is 7.36. The van der Waals surface area contributed by atoms with Crippen LogP contribution in [-0.2, 0) is 9.59 Å². The van der Waals surface area contributed by atoms with Crippen molar-refractivity contribution in [2.75, 3.05) is 46.4 Å². The number of likely N-dealkylation sites (N-methyl/N-ethyl adjacent to an activating group) is 1. The van der Waals surface area contributed by atoms with Crippen molar-refractivity contribution in [2.24, 2.45) is 0 Å². The number of piperazine rings is 1. The van der Waals surface area contributed by atoms with E-state index in [9.17, 15) is 9.59 Å². The molecule has 1 aliphatic rings. The molecule has 0 radical (unpaired) electrons. The number of hydrogen-bond donors (Lipinski definition) is 1. The zero-order chi connectivity index (χ0) is 15.9. The normalized spacial score (nSPS) is 14.2. The van der Waals surface area contributed by atoms with Gasteiger partial charge in [0.2, 0.25) is 5.91 Å². The van der Waals surface area contributed by atoms with Crippen molar-refractivity contribution in [1.82, 2.24) is 15.1 Å². The number of hydrogen-bond acceptors (Lipinski definition) is 4. The Hall–Kier alpha value is -1.31. The molecule has 0 saturated carbocycles. The molecule has 8 heteroatoms. The molecule has 128 valence electrons. The Bertz CT molecular complexity index is 519. The number of rotatable bonds is 5. The molecule has 1 N–H and O–H groups in total. The van der Waals surface area contributed by atoms with Gasteiger partial charge in [-0.2, -0.15) is 0 Å². The van der Waals surface area contributed by atoms with E-state index in [2.05, 4.69) is 21.2 Å². The average molecular weight is 407 g/mol. The fourth-order valence-electron chi connectivity index (χ4n) is 2.24. The Kier molecular flexibility index (Phi) is 8.36. The molecule has 1 fully saturated rings. The van der Waals surface area contributed by atoms with Gasteiger partial charge in [0, 0.05) is 30.7 Å². The number of halogens is 2. The predicted molar refractivity (Wildman–Crippen MR) is 94.0 cm³/mol. The first kappa shape index (κ1) is 19.7. The summed E-state index contributed by atoms with van der Waals surface area (Å²) in [7, 11) is 1.75. The Morgan fingerprint density at radius 2 is 1.61 bits per heavy atom. The van der Waals surface area contributed by atoms with Crippen LogP contribution in [0, 0.1) is 0 Å². The van der Waals surface area contributed by atoms with Crippen molar-refractivity contribution in [2.45, 2.75) is 0 Å². The average Bonchev–Trinajstić information content (AvgIpc) is 2.54. The van der Waals surface area contributed by atoms with Crippen LogP contribution in [0.2, 0.25) is 0 Å². The molecule has 1 aromatic carbocycles. The zero-order valence-corrected chi connectivity index (χ0v) is 15.4. The molecule has 0 aliphatic carbocycles. The molecule has 1 saturated heterocycles. The molecule has 0 unspecified atom stereocenters. The van der Waals surface area contributed by atoms with Crippen LogP contribution < -0.4 is 10.1 Å². The first-order chi connectivity index (χ1) is 10.6. The van der Waals surface area contributed by atoms with Crippen LogP contribution in [0.3, 0.4) is 0 Å². The largest absolute Gasteiger partial charge is 0.484 e. The highest BCUT2D eigenvalue weighted by Gasteiger charge is 2.23. The molecule has 2 amide bonds. The highest BCUT2D eigenvalue weighted by Crippen LogP contribution is 2.16. The molecule has 1 heterocycles. The molecular formula is C15H21BrClN3O3. The lowest BCUT2D eigenvalue weighted by Crippen LogP contribution is -2.53. The highest BCUT2D eigenvalue weighted by atomic mass is 79.9. The second-order valence-corrected chi connectivity index (χ2v) is 5.95. The van der Waals surface area contributed by atoms with Gasteiger partial charge in [0.1, 0.15) is 5.75 Å². The van der Waals surface area contributed by atoms with Crippen LogP contribution in [0.4, 0.5) is 0 Å². The summed E-state index contributed by atoms with van der Waals surface area (Å²) in [4.78, 5) is 27.4. The van der Waals surface area contributed by atoms with Crippen molar-refractivity contribution in [3.05, 3.63) is 28.7 Å². The monoisotopic (exact) mass is 405 g/mol. The van der Waals surface area contributed by atoms with Crippen LogP contribution in [0.5, 0.6) is 5.75 Å². The fourth-order valence-corrected chi connectivity index (χ4v) is 2.50. The quantitative estimate of drug-likeness (QED) is 0.796. The molecule has 0 bridgehead atoms. The number of nitrogens with one attached hydrogen (secondary N) is 1. The topological polar surface area (TPSA) is 61.9 Å². The van der Waals surface area contributed by atoms with Crippen LogP contribution >= 0.6 is 28.3 Å². The maximum Gasteiger partial charge on any atom is 0.260 e. The van der Waals surface area contributed by atoms with Crippen LogP contribution in [0.25, 0.3) is 0 Å². The van der Waals surface area contributed by atoms with Gasteiger partial charge in [-0.3, -0.25) is 9.59 Å². The number of amides is 2. The summed E-state index contributed by atoms with van der Waals surface area (Å²) in [6.45, 7) is 2.61. The lowest BCUT2D eigenvalue weighted by Gasteiger charge is -2.34. The number of benzene rings is 1. The molecule has 1 aromatic rings. The third-order valence-corrected chi connectivity index (χ3v) is 4.02. The molecular weight excluding hydrogens is 386 g/mol. The Labute approximate surface area is 150 Å². The number of carbonyl (C=O) groups excluding carboxylic acids is 2. The third-order valence-electron chi connectivity index (χ3n) is 3.49. The molecule has 2 rings (SSSR count). The summed E-state index contributed by atoms with van der Waals surface area (Å²) >= 11 is 3.35. The SMILES string of the molecule is CNCC(=O)N1CCN(C(=O)COc2ccc(Br)cc2)CC1.Cl. The minimum Gasteiger partial charge on any atom is -0.484 e. The molecule has 23 heavy (non-hydrogen) atoms. The van der Waals surface area contributed by atoms with E-state index in [0.717, 1.165) is 4.47 Å². The van der Waals surface area contributed by atoms with Gasteiger partial charge >= 0.3 is 0 Å². The summed E-state index contributed by atoms with van der Waals surface area (Å²) in [5, 5.41) is 2.85. The van der Waals surface area contributed by atoms with Crippen molar-refractivity contribution in [3.63, 3.8) is 0 Å². The molecule has 0 spiro atoms. The van der Waals surface area contributed by atoms with Gasteiger partial charge < -0.3 is 19.9 Å². The van der Waals surface area contributed by atoms with Crippen LogP contribution in [0.1, 0.15) is 0 Å². The summed E-state index contributed by atoms with van der Waals surface area (Å²) < 4.78 is 6.45. The van der Waals surface area contributed by atoms with E-state index in [0.29, 0.717) is 38.5 Å². The van der Waals surface area contributed by atoms with Gasteiger partial charge in [0.05, 0.1) is 6.54 Å². The molecule has 0 atom stereocenters. The molecule has 6 nitrogen and oxygen atoms in total. The number of carbonyl (C=O) groups is 2. The van der Waals surface area contributed by atoms with E-state index in [-0.39, 0.29) is 30.8 Å². The van der Waals surface area contributed by atoms with Crippen molar-refractivity contribution in [1.29, 1.82) is 0 Å². The van der Waals surface area contributed by atoms with Gasteiger partial charge in [0.15, 0.2) is 6.61 Å². The lowest BCUT2D eigenvalue weighted by molar-refractivity contribution is -0.140. The standard InChI is InChI=1S/C15H20BrN3O3.ClH/c1-17-10-14(20)18-6-8-19(9-7-18)15(21)11-22-13-4-2-12(16)3-5-13;/h2-5,17H,6-11H2,1H3;1H. The van der Waals surface area contributed by atoms with Gasteiger partial charge in [-0.05, 0) is 31.3 Å². The Balaban J connectivity index is 0.00000264. The van der Waals surface area contributed by atoms with Gasteiger partial charge in [-0.1, -0.05) is 15.9 Å². The van der Waals surface area contributed by atoms with Crippen LogP contribution in [0.15, 0.2) is 28.7 Å². The molecule has 0 aromatic heterocycles. The summed E-state index contributed by atoms with van der Waals surface area (Å²) in [5.74, 6) is 0.684. The summed E-state index contributed by atoms with van der Waals surface area (Å²) in [6.07, 6.45) is 0. The predicted octanol–water partition coefficient (Wildman–Crippen LogP) is 1.14. The van der Waals surface area contributed by atoms with Crippen molar-refractivity contribution < 1.29 is 14.3 Å². The Morgan fingerprint density at radius 3 is 2.13 bits per heavy atom. The van der Waals surface area contributed by atoms with Gasteiger partial charge in [-0.25, -0.2) is 0 Å². The second-order valence-electron chi connectivity index (χ2n) is 5.03. The van der Waals surface area contributed by atoms with E-state index < -0.39 is 0 Å². The van der Waals surface area contributed by atoms with E-state index in [1.165, 1.54) is 0 Å². The minimum atomic E-state index is -0.0522. The maximum absolute atomic E-state index is 12.1.